The Hall–Kier alpha value is -0.700. The Kier molecular flexibility index (Phi) is 6.61. The van der Waals surface area contributed by atoms with Crippen LogP contribution in [0.15, 0.2) is 24.3 Å². The molecule has 2 N–H and O–H groups in total. The first-order valence-corrected chi connectivity index (χ1v) is 9.19. The summed E-state index contributed by atoms with van der Waals surface area (Å²) in [5.41, 5.74) is 1.03. The largest absolute Gasteiger partial charge is 0.379 e. The highest BCUT2D eigenvalue weighted by Crippen LogP contribution is 2.23. The number of morpholine rings is 1. The van der Waals surface area contributed by atoms with Gasteiger partial charge in [-0.1, -0.05) is 30.7 Å². The van der Waals surface area contributed by atoms with Gasteiger partial charge in [-0.15, -0.1) is 0 Å². The molecule has 1 atom stereocenters. The molecule has 2 rings (SSSR count). The average molecular weight is 348 g/mol. The first-order valence-electron chi connectivity index (χ1n) is 7.33. The van der Waals surface area contributed by atoms with Crippen LogP contribution in [0.2, 0.25) is 5.02 Å². The van der Waals surface area contributed by atoms with Crippen LogP contribution in [0, 0.1) is 0 Å². The molecule has 1 unspecified atom stereocenters. The van der Waals surface area contributed by atoms with Crippen LogP contribution in [-0.4, -0.2) is 52.7 Å². The van der Waals surface area contributed by atoms with Gasteiger partial charge in [0.05, 0.1) is 13.2 Å². The molecule has 1 aromatic carbocycles. The van der Waals surface area contributed by atoms with E-state index in [0.29, 0.717) is 31.3 Å². The molecular formula is C14H22ClN3O3S. The highest BCUT2D eigenvalue weighted by atomic mass is 35.5. The summed E-state index contributed by atoms with van der Waals surface area (Å²) >= 11 is 5.94. The lowest BCUT2D eigenvalue weighted by molar-refractivity contribution is 0.0172. The molecule has 22 heavy (non-hydrogen) atoms. The van der Waals surface area contributed by atoms with Crippen LogP contribution in [0.1, 0.15) is 18.5 Å². The molecule has 1 saturated heterocycles. The van der Waals surface area contributed by atoms with E-state index >= 15 is 0 Å². The normalized spacial score (nSPS) is 18.3. The minimum atomic E-state index is -3.47. The molecule has 1 fully saturated rings. The van der Waals surface area contributed by atoms with Crippen LogP contribution in [0.25, 0.3) is 0 Å². The lowest BCUT2D eigenvalue weighted by atomic mass is 10.1. The van der Waals surface area contributed by atoms with Crippen LogP contribution < -0.4 is 9.44 Å². The zero-order valence-corrected chi connectivity index (χ0v) is 14.2. The monoisotopic (exact) mass is 347 g/mol. The van der Waals surface area contributed by atoms with Crippen molar-refractivity contribution in [2.24, 2.45) is 0 Å². The third kappa shape index (κ3) is 5.19. The summed E-state index contributed by atoms with van der Waals surface area (Å²) in [6, 6.07) is 7.47. The van der Waals surface area contributed by atoms with Crippen molar-refractivity contribution in [2.45, 2.75) is 13.0 Å². The van der Waals surface area contributed by atoms with Gasteiger partial charge in [0, 0.05) is 37.2 Å². The van der Waals surface area contributed by atoms with Gasteiger partial charge in [0.2, 0.25) is 0 Å². The number of ether oxygens (including phenoxy) is 1. The molecule has 8 heteroatoms. The standard InChI is InChI=1S/C14H22ClN3O3S/c1-2-16-22(19,20)17-11-14(18-7-9-21-10-8-18)12-3-5-13(15)6-4-12/h3-6,14,16-17H,2,7-11H2,1H3. The van der Waals surface area contributed by atoms with Crippen LogP contribution in [-0.2, 0) is 14.9 Å². The highest BCUT2D eigenvalue weighted by Gasteiger charge is 2.24. The number of benzene rings is 1. The van der Waals surface area contributed by atoms with Crippen molar-refractivity contribution >= 4 is 21.8 Å². The molecule has 0 aromatic heterocycles. The van der Waals surface area contributed by atoms with Crippen molar-refractivity contribution in [1.29, 1.82) is 0 Å². The quantitative estimate of drug-likeness (QED) is 0.776. The highest BCUT2D eigenvalue weighted by molar-refractivity contribution is 7.87. The van der Waals surface area contributed by atoms with Crippen LogP contribution in [0.4, 0.5) is 0 Å². The van der Waals surface area contributed by atoms with E-state index in [1.807, 2.05) is 24.3 Å². The van der Waals surface area contributed by atoms with Gasteiger partial charge < -0.3 is 4.74 Å². The number of nitrogens with zero attached hydrogens (tertiary/aromatic N) is 1. The number of rotatable bonds is 7. The second-order valence-corrected chi connectivity index (χ2v) is 7.09. The van der Waals surface area contributed by atoms with Crippen molar-refractivity contribution in [3.8, 4) is 0 Å². The van der Waals surface area contributed by atoms with E-state index in [2.05, 4.69) is 14.3 Å². The first kappa shape index (κ1) is 17.7. The van der Waals surface area contributed by atoms with Gasteiger partial charge in [0.15, 0.2) is 0 Å². The molecule has 6 nitrogen and oxygen atoms in total. The lowest BCUT2D eigenvalue weighted by Gasteiger charge is -2.34. The van der Waals surface area contributed by atoms with Crippen LogP contribution in [0.5, 0.6) is 0 Å². The fraction of sp³-hybridized carbons (Fsp3) is 0.571. The predicted molar refractivity (Wildman–Crippen MR) is 87.2 cm³/mol. The summed E-state index contributed by atoms with van der Waals surface area (Å²) in [5, 5.41) is 0.665. The zero-order chi connectivity index (χ0) is 16.0. The maximum absolute atomic E-state index is 11.8. The Morgan fingerprint density at radius 3 is 2.45 bits per heavy atom. The van der Waals surface area contributed by atoms with Gasteiger partial charge in [-0.2, -0.15) is 8.42 Å². The Balaban J connectivity index is 2.12. The number of nitrogens with one attached hydrogen (secondary N) is 2. The van der Waals surface area contributed by atoms with Gasteiger partial charge in [0.25, 0.3) is 10.2 Å². The van der Waals surface area contributed by atoms with Crippen molar-refractivity contribution in [3.05, 3.63) is 34.9 Å². The van der Waals surface area contributed by atoms with Crippen LogP contribution >= 0.6 is 11.6 Å². The molecule has 0 spiro atoms. The third-order valence-electron chi connectivity index (χ3n) is 3.54. The maximum atomic E-state index is 11.8. The van der Waals surface area contributed by atoms with E-state index in [1.54, 1.807) is 6.92 Å². The number of hydrogen-bond acceptors (Lipinski definition) is 4. The molecule has 0 amide bonds. The Morgan fingerprint density at radius 1 is 1.23 bits per heavy atom. The molecule has 0 bridgehead atoms. The molecule has 1 aliphatic heterocycles. The van der Waals surface area contributed by atoms with Gasteiger partial charge in [-0.25, -0.2) is 9.44 Å². The minimum absolute atomic E-state index is 0.0467. The van der Waals surface area contributed by atoms with Gasteiger partial charge >= 0.3 is 0 Å². The predicted octanol–water partition coefficient (Wildman–Crippen LogP) is 1.16. The van der Waals surface area contributed by atoms with E-state index < -0.39 is 10.2 Å². The fourth-order valence-electron chi connectivity index (χ4n) is 2.46. The van der Waals surface area contributed by atoms with Gasteiger partial charge in [-0.05, 0) is 17.7 Å². The SMILES string of the molecule is CCNS(=O)(=O)NCC(c1ccc(Cl)cc1)N1CCOCC1. The summed E-state index contributed by atoms with van der Waals surface area (Å²) in [7, 11) is -3.47. The molecule has 1 aromatic rings. The first-order chi connectivity index (χ1) is 10.5. The molecule has 1 heterocycles. The van der Waals surface area contributed by atoms with Crippen molar-refractivity contribution < 1.29 is 13.2 Å². The molecule has 0 aliphatic carbocycles. The second-order valence-electron chi connectivity index (χ2n) is 5.07. The van der Waals surface area contributed by atoms with E-state index in [-0.39, 0.29) is 6.04 Å². The Bertz CT molecular complexity index is 559. The lowest BCUT2D eigenvalue weighted by Crippen LogP contribution is -2.45. The third-order valence-corrected chi connectivity index (χ3v) is 5.01. The van der Waals surface area contributed by atoms with Crippen molar-refractivity contribution in [2.75, 3.05) is 39.4 Å². The van der Waals surface area contributed by atoms with Crippen molar-refractivity contribution in [1.82, 2.24) is 14.3 Å². The minimum Gasteiger partial charge on any atom is -0.379 e. The summed E-state index contributed by atoms with van der Waals surface area (Å²) in [6.45, 7) is 5.27. The van der Waals surface area contributed by atoms with Gasteiger partial charge in [0.1, 0.15) is 0 Å². The second kappa shape index (κ2) is 8.24. The number of hydrogen-bond donors (Lipinski definition) is 2. The van der Waals surface area contributed by atoms with Crippen LogP contribution in [0.3, 0.4) is 0 Å². The molecule has 124 valence electrons. The topological polar surface area (TPSA) is 70.7 Å². The molecular weight excluding hydrogens is 326 g/mol. The van der Waals surface area contributed by atoms with Gasteiger partial charge in [-0.3, -0.25) is 4.90 Å². The van der Waals surface area contributed by atoms with E-state index in [0.717, 1.165) is 18.7 Å². The summed E-state index contributed by atoms with van der Waals surface area (Å²) in [6.07, 6.45) is 0. The maximum Gasteiger partial charge on any atom is 0.276 e. The van der Waals surface area contributed by atoms with Crippen molar-refractivity contribution in [3.63, 3.8) is 0 Å². The smallest absolute Gasteiger partial charge is 0.276 e. The zero-order valence-electron chi connectivity index (χ0n) is 12.6. The van der Waals surface area contributed by atoms with E-state index in [4.69, 9.17) is 16.3 Å². The summed E-state index contributed by atoms with van der Waals surface area (Å²) in [5.74, 6) is 0. The molecule has 0 saturated carbocycles. The van der Waals surface area contributed by atoms with E-state index in [1.165, 1.54) is 0 Å². The fourth-order valence-corrected chi connectivity index (χ4v) is 3.45. The molecule has 1 aliphatic rings. The van der Waals surface area contributed by atoms with E-state index in [9.17, 15) is 8.42 Å². The Labute approximate surface area is 137 Å². The Morgan fingerprint density at radius 2 is 1.86 bits per heavy atom. The summed E-state index contributed by atoms with van der Waals surface area (Å²) in [4.78, 5) is 2.22. The summed E-state index contributed by atoms with van der Waals surface area (Å²) < 4.78 is 34.1. The average Bonchev–Trinajstić information content (AvgIpc) is 2.50. The molecule has 0 radical (unpaired) electrons. The number of halogens is 1.